The Balaban J connectivity index is 1.40. The monoisotopic (exact) mass is 592 g/mol. The number of halogens is 7. The third-order valence-electron chi connectivity index (χ3n) is 5.64. The zero-order valence-electron chi connectivity index (χ0n) is 21.2. The first kappa shape index (κ1) is 30.0. The van der Waals surface area contributed by atoms with Crippen LogP contribution in [0.1, 0.15) is 32.1 Å². The van der Waals surface area contributed by atoms with Crippen LogP contribution in [0.5, 0.6) is 5.75 Å². The molecule has 0 saturated carbocycles. The number of hydrogen-bond acceptors (Lipinski definition) is 5. The smallest absolute Gasteiger partial charge is 0.416 e. The van der Waals surface area contributed by atoms with Crippen molar-refractivity contribution in [2.75, 3.05) is 18.5 Å². The number of alkyl halides is 6. The zero-order valence-corrected chi connectivity index (χ0v) is 21.2. The molecule has 0 aliphatic heterocycles. The Hall–Kier alpha value is -5.01. The Morgan fingerprint density at radius 3 is 2.02 bits per heavy atom. The van der Waals surface area contributed by atoms with Gasteiger partial charge in [0.1, 0.15) is 23.7 Å². The van der Waals surface area contributed by atoms with Gasteiger partial charge >= 0.3 is 12.4 Å². The van der Waals surface area contributed by atoms with Crippen LogP contribution in [0.2, 0.25) is 0 Å². The Kier molecular flexibility index (Phi) is 8.73. The SMILES string of the molecule is O=C(NCCOc1ccccc1-c1cccnc1F)c1cccc(C(=O)Nc2cc(C(F)(F)F)cc(C(F)(F)F)c2)n1. The van der Waals surface area contributed by atoms with E-state index in [0.717, 1.165) is 6.07 Å². The van der Waals surface area contributed by atoms with Crippen LogP contribution in [0.15, 0.2) is 79.0 Å². The van der Waals surface area contributed by atoms with Crippen molar-refractivity contribution < 1.29 is 45.1 Å². The summed E-state index contributed by atoms with van der Waals surface area (Å²) in [4.78, 5) is 32.6. The maximum absolute atomic E-state index is 14.1. The third kappa shape index (κ3) is 7.38. The second kappa shape index (κ2) is 12.2. The summed E-state index contributed by atoms with van der Waals surface area (Å²) in [7, 11) is 0. The first-order valence-electron chi connectivity index (χ1n) is 12.0. The largest absolute Gasteiger partial charge is 0.491 e. The molecule has 0 fully saturated rings. The van der Waals surface area contributed by atoms with Crippen LogP contribution >= 0.6 is 0 Å². The molecule has 0 spiro atoms. The van der Waals surface area contributed by atoms with Gasteiger partial charge in [0.15, 0.2) is 0 Å². The summed E-state index contributed by atoms with van der Waals surface area (Å²) in [5, 5.41) is 4.47. The van der Waals surface area contributed by atoms with E-state index in [4.69, 9.17) is 4.74 Å². The average molecular weight is 592 g/mol. The van der Waals surface area contributed by atoms with Crippen LogP contribution in [0, 0.1) is 5.95 Å². The van der Waals surface area contributed by atoms with Crippen LogP contribution in [-0.4, -0.2) is 34.9 Å². The van der Waals surface area contributed by atoms with E-state index in [-0.39, 0.29) is 30.5 Å². The molecular weight excluding hydrogens is 573 g/mol. The minimum Gasteiger partial charge on any atom is -0.491 e. The van der Waals surface area contributed by atoms with Gasteiger partial charge in [-0.15, -0.1) is 0 Å². The van der Waals surface area contributed by atoms with Gasteiger partial charge in [0.25, 0.3) is 11.8 Å². The normalized spacial score (nSPS) is 11.6. The number of benzene rings is 2. The van der Waals surface area contributed by atoms with E-state index in [9.17, 15) is 40.3 Å². The zero-order chi connectivity index (χ0) is 30.5. The van der Waals surface area contributed by atoms with Crippen molar-refractivity contribution in [3.05, 3.63) is 107 Å². The van der Waals surface area contributed by atoms with E-state index in [1.165, 1.54) is 24.4 Å². The van der Waals surface area contributed by atoms with E-state index >= 15 is 0 Å². The summed E-state index contributed by atoms with van der Waals surface area (Å²) in [5.41, 5.74) is -4.00. The summed E-state index contributed by atoms with van der Waals surface area (Å²) in [6.45, 7) is -0.0762. The second-order valence-corrected chi connectivity index (χ2v) is 8.60. The number of carbonyl (C=O) groups excluding carboxylic acids is 2. The molecule has 0 bridgehead atoms. The summed E-state index contributed by atoms with van der Waals surface area (Å²) in [6.07, 6.45) is -8.89. The Morgan fingerprint density at radius 2 is 1.38 bits per heavy atom. The summed E-state index contributed by atoms with van der Waals surface area (Å²) >= 11 is 0. The summed E-state index contributed by atoms with van der Waals surface area (Å²) in [6, 6.07) is 14.0. The molecule has 0 radical (unpaired) electrons. The van der Waals surface area contributed by atoms with Gasteiger partial charge in [-0.05, 0) is 48.5 Å². The summed E-state index contributed by atoms with van der Waals surface area (Å²) in [5.74, 6) is -2.23. The van der Waals surface area contributed by atoms with Gasteiger partial charge in [0, 0.05) is 23.0 Å². The third-order valence-corrected chi connectivity index (χ3v) is 5.64. The number of anilines is 1. The molecule has 0 aliphatic rings. The van der Waals surface area contributed by atoms with Gasteiger partial charge in [0.2, 0.25) is 5.95 Å². The molecule has 4 rings (SSSR count). The van der Waals surface area contributed by atoms with Crippen molar-refractivity contribution in [3.8, 4) is 16.9 Å². The highest BCUT2D eigenvalue weighted by Gasteiger charge is 2.37. The molecule has 0 unspecified atom stereocenters. The number of nitrogens with zero attached hydrogens (tertiary/aromatic N) is 2. The van der Waals surface area contributed by atoms with Crippen LogP contribution < -0.4 is 15.4 Å². The van der Waals surface area contributed by atoms with Crippen molar-refractivity contribution in [2.45, 2.75) is 12.4 Å². The van der Waals surface area contributed by atoms with Crippen molar-refractivity contribution in [1.82, 2.24) is 15.3 Å². The first-order chi connectivity index (χ1) is 19.8. The average Bonchev–Trinajstić information content (AvgIpc) is 2.95. The molecular formula is C28H19F7N4O3. The van der Waals surface area contributed by atoms with Gasteiger partial charge in [-0.1, -0.05) is 24.3 Å². The highest BCUT2D eigenvalue weighted by Crippen LogP contribution is 2.37. The predicted octanol–water partition coefficient (Wildman–Crippen LogP) is 6.38. The van der Waals surface area contributed by atoms with E-state index in [1.807, 2.05) is 5.32 Å². The van der Waals surface area contributed by atoms with Crippen molar-refractivity contribution >= 4 is 17.5 Å². The van der Waals surface area contributed by atoms with Crippen LogP contribution in [-0.2, 0) is 12.4 Å². The number of amides is 2. The Bertz CT molecular complexity index is 1570. The molecule has 0 aliphatic carbocycles. The number of pyridine rings is 2. The lowest BCUT2D eigenvalue weighted by atomic mass is 10.1. The fourth-order valence-corrected chi connectivity index (χ4v) is 3.73. The molecule has 2 aromatic heterocycles. The molecule has 2 heterocycles. The highest BCUT2D eigenvalue weighted by molar-refractivity contribution is 6.04. The number of para-hydroxylation sites is 1. The maximum Gasteiger partial charge on any atom is 0.416 e. The molecule has 14 heteroatoms. The highest BCUT2D eigenvalue weighted by atomic mass is 19.4. The first-order valence-corrected chi connectivity index (χ1v) is 12.0. The van der Waals surface area contributed by atoms with Gasteiger partial charge in [0.05, 0.1) is 17.7 Å². The maximum atomic E-state index is 14.1. The molecule has 2 aromatic carbocycles. The predicted molar refractivity (Wildman–Crippen MR) is 136 cm³/mol. The fraction of sp³-hybridized carbons (Fsp3) is 0.143. The van der Waals surface area contributed by atoms with Crippen LogP contribution in [0.3, 0.4) is 0 Å². The number of ether oxygens (including phenoxy) is 1. The van der Waals surface area contributed by atoms with Gasteiger partial charge in [-0.25, -0.2) is 9.97 Å². The standard InChI is InChI=1S/C28H19F7N4O3/c29-24-20(6-4-10-36-24)19-5-1-2-9-23(19)42-12-11-37-25(40)21-7-3-8-22(39-21)26(41)38-18-14-16(27(30,31)32)13-17(15-18)28(33,34)35/h1-10,13-15H,11-12H2,(H,37,40)(H,38,41). The Morgan fingerprint density at radius 1 is 0.762 bits per heavy atom. The van der Waals surface area contributed by atoms with Crippen molar-refractivity contribution in [3.63, 3.8) is 0 Å². The number of hydrogen-bond donors (Lipinski definition) is 2. The second-order valence-electron chi connectivity index (χ2n) is 8.60. The van der Waals surface area contributed by atoms with Crippen molar-refractivity contribution in [2.24, 2.45) is 0 Å². The number of carbonyl (C=O) groups is 2. The number of nitrogens with one attached hydrogen (secondary N) is 2. The lowest BCUT2D eigenvalue weighted by Crippen LogP contribution is -2.29. The van der Waals surface area contributed by atoms with E-state index in [2.05, 4.69) is 15.3 Å². The van der Waals surface area contributed by atoms with E-state index in [0.29, 0.717) is 23.4 Å². The molecule has 7 nitrogen and oxygen atoms in total. The van der Waals surface area contributed by atoms with Gasteiger partial charge < -0.3 is 15.4 Å². The molecule has 2 amide bonds. The van der Waals surface area contributed by atoms with Crippen LogP contribution in [0.4, 0.5) is 36.4 Å². The van der Waals surface area contributed by atoms with Crippen molar-refractivity contribution in [1.29, 1.82) is 0 Å². The Labute approximate surface area is 233 Å². The molecule has 4 aromatic rings. The van der Waals surface area contributed by atoms with Gasteiger partial charge in [-0.3, -0.25) is 9.59 Å². The van der Waals surface area contributed by atoms with E-state index in [1.54, 1.807) is 30.3 Å². The molecule has 0 saturated heterocycles. The minimum atomic E-state index is -5.10. The number of aromatic nitrogens is 2. The summed E-state index contributed by atoms with van der Waals surface area (Å²) < 4.78 is 98.5. The van der Waals surface area contributed by atoms with Crippen LogP contribution in [0.25, 0.3) is 11.1 Å². The quantitative estimate of drug-likeness (QED) is 0.141. The molecule has 218 valence electrons. The van der Waals surface area contributed by atoms with E-state index < -0.39 is 52.6 Å². The van der Waals surface area contributed by atoms with Gasteiger partial charge in [-0.2, -0.15) is 30.7 Å². The number of rotatable bonds is 8. The lowest BCUT2D eigenvalue weighted by molar-refractivity contribution is -0.143. The minimum absolute atomic E-state index is 0.0365. The lowest BCUT2D eigenvalue weighted by Gasteiger charge is -2.15. The molecule has 2 N–H and O–H groups in total. The fourth-order valence-electron chi connectivity index (χ4n) is 3.73. The molecule has 42 heavy (non-hydrogen) atoms. The topological polar surface area (TPSA) is 93.2 Å². The molecule has 0 atom stereocenters.